The fourth-order valence-electron chi connectivity index (χ4n) is 2.48. The summed E-state index contributed by atoms with van der Waals surface area (Å²) < 4.78 is 5.42. The standard InChI is InChI=1S/C15H19NO3/c1-9-5-10-6-13(19-4)11(7-12(10)16-9)15(2,3)8-14(17)18/h5-7,16H,8H2,1-4H3,(H,17,18). The molecule has 4 nitrogen and oxygen atoms in total. The lowest BCUT2D eigenvalue weighted by molar-refractivity contribution is -0.138. The zero-order valence-electron chi connectivity index (χ0n) is 11.7. The van der Waals surface area contributed by atoms with Crippen molar-refractivity contribution in [3.63, 3.8) is 0 Å². The normalized spacial score (nSPS) is 11.8. The number of nitrogens with one attached hydrogen (secondary N) is 1. The quantitative estimate of drug-likeness (QED) is 0.888. The van der Waals surface area contributed by atoms with Gasteiger partial charge in [-0.15, -0.1) is 0 Å². The minimum atomic E-state index is -0.810. The van der Waals surface area contributed by atoms with Crippen molar-refractivity contribution in [1.82, 2.24) is 4.98 Å². The molecule has 0 saturated heterocycles. The van der Waals surface area contributed by atoms with Crippen LogP contribution in [0, 0.1) is 6.92 Å². The molecule has 1 aromatic carbocycles. The Morgan fingerprint density at radius 2 is 2.05 bits per heavy atom. The summed E-state index contributed by atoms with van der Waals surface area (Å²) in [6, 6.07) is 5.99. The van der Waals surface area contributed by atoms with Gasteiger partial charge in [0.05, 0.1) is 13.5 Å². The molecule has 0 amide bonds. The lowest BCUT2D eigenvalue weighted by Crippen LogP contribution is -2.22. The number of aromatic amines is 1. The topological polar surface area (TPSA) is 62.3 Å². The van der Waals surface area contributed by atoms with Gasteiger partial charge in [-0.05, 0) is 25.1 Å². The smallest absolute Gasteiger partial charge is 0.304 e. The molecule has 0 bridgehead atoms. The van der Waals surface area contributed by atoms with Gasteiger partial charge in [-0.2, -0.15) is 0 Å². The Bertz CT molecular complexity index is 626. The van der Waals surface area contributed by atoms with Gasteiger partial charge in [0, 0.05) is 27.6 Å². The van der Waals surface area contributed by atoms with Crippen LogP contribution in [0.15, 0.2) is 18.2 Å². The number of carboxylic acids is 1. The van der Waals surface area contributed by atoms with Crippen LogP contribution in [0.4, 0.5) is 0 Å². The first-order valence-electron chi connectivity index (χ1n) is 6.23. The number of hydrogen-bond donors (Lipinski definition) is 2. The summed E-state index contributed by atoms with van der Waals surface area (Å²) in [5, 5.41) is 10.1. The number of methoxy groups -OCH3 is 1. The Balaban J connectivity index is 2.60. The number of aromatic nitrogens is 1. The Hall–Kier alpha value is -1.97. The van der Waals surface area contributed by atoms with Crippen LogP contribution in [0.3, 0.4) is 0 Å². The first kappa shape index (κ1) is 13.5. The number of fused-ring (bicyclic) bond motifs is 1. The highest BCUT2D eigenvalue weighted by Crippen LogP contribution is 2.37. The van der Waals surface area contributed by atoms with Gasteiger partial charge in [-0.25, -0.2) is 0 Å². The number of hydrogen-bond acceptors (Lipinski definition) is 2. The maximum Gasteiger partial charge on any atom is 0.304 e. The molecule has 0 aliphatic rings. The molecule has 4 heteroatoms. The third-order valence-corrected chi connectivity index (χ3v) is 3.40. The first-order chi connectivity index (χ1) is 8.83. The molecule has 0 spiro atoms. The second-order valence-corrected chi connectivity index (χ2v) is 5.55. The van der Waals surface area contributed by atoms with Crippen molar-refractivity contribution in [3.8, 4) is 5.75 Å². The summed E-state index contributed by atoms with van der Waals surface area (Å²) in [4.78, 5) is 14.3. The average Bonchev–Trinajstić information content (AvgIpc) is 2.64. The molecule has 1 aromatic heterocycles. The van der Waals surface area contributed by atoms with Gasteiger partial charge in [0.2, 0.25) is 0 Å². The minimum absolute atomic E-state index is 0.0640. The Morgan fingerprint density at radius 3 is 2.63 bits per heavy atom. The lowest BCUT2D eigenvalue weighted by Gasteiger charge is -2.25. The van der Waals surface area contributed by atoms with E-state index < -0.39 is 11.4 Å². The molecule has 0 unspecified atom stereocenters. The van der Waals surface area contributed by atoms with Gasteiger partial charge in [0.15, 0.2) is 0 Å². The Morgan fingerprint density at radius 1 is 1.37 bits per heavy atom. The molecule has 102 valence electrons. The average molecular weight is 261 g/mol. The highest BCUT2D eigenvalue weighted by molar-refractivity contribution is 5.84. The summed E-state index contributed by atoms with van der Waals surface area (Å²) in [5.74, 6) is -0.0763. The van der Waals surface area contributed by atoms with Crippen molar-refractivity contribution in [2.75, 3.05) is 7.11 Å². The van der Waals surface area contributed by atoms with E-state index in [0.29, 0.717) is 0 Å². The number of rotatable bonds is 4. The second kappa shape index (κ2) is 4.61. The molecular formula is C15H19NO3. The largest absolute Gasteiger partial charge is 0.496 e. The van der Waals surface area contributed by atoms with Crippen LogP contribution < -0.4 is 4.74 Å². The number of carbonyl (C=O) groups is 1. The van der Waals surface area contributed by atoms with Gasteiger partial charge in [0.1, 0.15) is 5.75 Å². The SMILES string of the molecule is COc1cc2cc(C)[nH]c2cc1C(C)(C)CC(=O)O. The number of H-pyrrole nitrogens is 1. The molecule has 0 atom stereocenters. The van der Waals surface area contributed by atoms with Crippen LogP contribution in [0.2, 0.25) is 0 Å². The van der Waals surface area contributed by atoms with Crippen molar-refractivity contribution >= 4 is 16.9 Å². The minimum Gasteiger partial charge on any atom is -0.496 e. The molecule has 0 aliphatic carbocycles. The van der Waals surface area contributed by atoms with E-state index in [1.165, 1.54) is 0 Å². The van der Waals surface area contributed by atoms with Crippen LogP contribution in [0.5, 0.6) is 5.75 Å². The van der Waals surface area contributed by atoms with Crippen molar-refractivity contribution in [2.45, 2.75) is 32.6 Å². The first-order valence-corrected chi connectivity index (χ1v) is 6.23. The van der Waals surface area contributed by atoms with Gasteiger partial charge in [-0.1, -0.05) is 13.8 Å². The molecule has 19 heavy (non-hydrogen) atoms. The molecule has 0 saturated carbocycles. The molecule has 1 heterocycles. The summed E-state index contributed by atoms with van der Waals surface area (Å²) in [6.07, 6.45) is 0.0640. The van der Waals surface area contributed by atoms with Crippen LogP contribution in [-0.4, -0.2) is 23.2 Å². The molecule has 0 radical (unpaired) electrons. The zero-order valence-corrected chi connectivity index (χ0v) is 11.7. The molecule has 2 aromatic rings. The second-order valence-electron chi connectivity index (χ2n) is 5.55. The number of carboxylic acid groups (broad SMARTS) is 1. The van der Waals surface area contributed by atoms with Crippen LogP contribution in [0.1, 0.15) is 31.5 Å². The predicted octanol–water partition coefficient (Wildman–Crippen LogP) is 3.24. The summed E-state index contributed by atoms with van der Waals surface area (Å²) in [6.45, 7) is 5.83. The highest BCUT2D eigenvalue weighted by atomic mass is 16.5. The van der Waals surface area contributed by atoms with E-state index in [0.717, 1.165) is 27.9 Å². The molecule has 2 N–H and O–H groups in total. The lowest BCUT2D eigenvalue weighted by atomic mass is 9.80. The maximum absolute atomic E-state index is 11.0. The monoisotopic (exact) mass is 261 g/mol. The van der Waals surface area contributed by atoms with Gasteiger partial charge in [-0.3, -0.25) is 4.79 Å². The summed E-state index contributed by atoms with van der Waals surface area (Å²) >= 11 is 0. The van der Waals surface area contributed by atoms with E-state index in [1.807, 2.05) is 39.0 Å². The number of aliphatic carboxylic acids is 1. The van der Waals surface area contributed by atoms with Crippen LogP contribution >= 0.6 is 0 Å². The third-order valence-electron chi connectivity index (χ3n) is 3.40. The van der Waals surface area contributed by atoms with Gasteiger partial charge >= 0.3 is 5.97 Å². The molecule has 0 fully saturated rings. The Kier molecular flexibility index (Phi) is 3.27. The summed E-state index contributed by atoms with van der Waals surface area (Å²) in [5.41, 5.74) is 2.51. The van der Waals surface area contributed by atoms with Gasteiger partial charge in [0.25, 0.3) is 0 Å². The summed E-state index contributed by atoms with van der Waals surface area (Å²) in [7, 11) is 1.61. The van der Waals surface area contributed by atoms with Crippen molar-refractivity contribution in [3.05, 3.63) is 29.5 Å². The van der Waals surface area contributed by atoms with Crippen molar-refractivity contribution < 1.29 is 14.6 Å². The van der Waals surface area contributed by atoms with E-state index in [4.69, 9.17) is 9.84 Å². The van der Waals surface area contributed by atoms with E-state index in [9.17, 15) is 4.79 Å². The number of aryl methyl sites for hydroxylation is 1. The fourth-order valence-corrected chi connectivity index (χ4v) is 2.48. The van der Waals surface area contributed by atoms with E-state index in [-0.39, 0.29) is 6.42 Å². The van der Waals surface area contributed by atoms with E-state index in [1.54, 1.807) is 7.11 Å². The number of benzene rings is 1. The molecule has 2 rings (SSSR count). The highest BCUT2D eigenvalue weighted by Gasteiger charge is 2.28. The predicted molar refractivity (Wildman–Crippen MR) is 74.9 cm³/mol. The Labute approximate surface area is 112 Å². The van der Waals surface area contributed by atoms with Crippen molar-refractivity contribution in [2.24, 2.45) is 0 Å². The van der Waals surface area contributed by atoms with Crippen LogP contribution in [-0.2, 0) is 10.2 Å². The van der Waals surface area contributed by atoms with Crippen molar-refractivity contribution in [1.29, 1.82) is 0 Å². The van der Waals surface area contributed by atoms with E-state index in [2.05, 4.69) is 4.98 Å². The zero-order chi connectivity index (χ0) is 14.2. The molecule has 0 aliphatic heterocycles. The molecular weight excluding hydrogens is 242 g/mol. The fraction of sp³-hybridized carbons (Fsp3) is 0.400. The van der Waals surface area contributed by atoms with Gasteiger partial charge < -0.3 is 14.8 Å². The third kappa shape index (κ3) is 2.57. The van der Waals surface area contributed by atoms with E-state index >= 15 is 0 Å². The maximum atomic E-state index is 11.0. The number of ether oxygens (including phenoxy) is 1. The van der Waals surface area contributed by atoms with Crippen LogP contribution in [0.25, 0.3) is 10.9 Å².